The molecule has 0 amide bonds. The first kappa shape index (κ1) is 63.3. The number of furan rings is 7. The molecule has 520 valence electrons. The van der Waals surface area contributed by atoms with Crippen LogP contribution in [0.2, 0.25) is 10.0 Å². The summed E-state index contributed by atoms with van der Waals surface area (Å²) in [4.78, 5) is 4.51. The van der Waals surface area contributed by atoms with E-state index in [1.807, 2.05) is 103 Å². The van der Waals surface area contributed by atoms with Crippen LogP contribution in [0.25, 0.3) is 175 Å². The van der Waals surface area contributed by atoms with E-state index in [2.05, 4.69) is 246 Å². The third-order valence-electron chi connectivity index (χ3n) is 21.5. The Bertz CT molecular complexity index is 7430. The molecule has 17 aromatic carbocycles. The van der Waals surface area contributed by atoms with Gasteiger partial charge in [-0.15, -0.1) is 0 Å². The van der Waals surface area contributed by atoms with Crippen molar-refractivity contribution in [2.75, 3.05) is 9.80 Å². The molecule has 0 N–H and O–H groups in total. The first-order chi connectivity index (χ1) is 54.3. The Morgan fingerprint density at radius 2 is 0.436 bits per heavy atom. The van der Waals surface area contributed by atoms with Crippen LogP contribution in [0.15, 0.2) is 371 Å². The summed E-state index contributed by atoms with van der Waals surface area (Å²) in [6.07, 6.45) is 0.938. The van der Waals surface area contributed by atoms with Crippen molar-refractivity contribution < 1.29 is 30.9 Å². The average Bonchev–Trinajstić information content (AvgIpc) is 1.56. The molecule has 0 atom stereocenters. The van der Waals surface area contributed by atoms with Gasteiger partial charge in [0.15, 0.2) is 0 Å². The molecule has 0 aliphatic carbocycles. The number of halogens is 2. The highest BCUT2D eigenvalue weighted by molar-refractivity contribution is 6.34. The Hall–Kier alpha value is -14.0. The Kier molecular flexibility index (Phi) is 14.6. The standard InChI is InChI=1S/C58H34N2O4.C22H10Cl2O2.C19H14O/c1-3-11-35(12-4-1)59(37-19-23-43-41-15-7-9-17-49(41)61-53(43)31-37)39-21-25-47-55(33-39)63-51-29-27-46-45(57(47)51)28-30-52-58(46)48-26-22-40(34-56(48)64-52)60(36-13-5-2-6-14-36)38-20-24-44-42-16-8-10-18-50(42)62-54(44)32-38;23-11-1-3-15-19(9-11)25-17-7-6-14-13(21(15)17)5-8-18-22(14)16-4-2-12(24)10-20(16)26-18;1-2-6-14(7-3-1)12-15-10-11-17-16-8-4-5-9-18(16)20-19(17)13-15/h1-34H;1-10H;1-11,13H,12H2. The van der Waals surface area contributed by atoms with E-state index in [4.69, 9.17) is 54.1 Å². The van der Waals surface area contributed by atoms with E-state index < -0.39 is 0 Å². The molecule has 0 bridgehead atoms. The van der Waals surface area contributed by atoms with Crippen molar-refractivity contribution in [3.8, 4) is 0 Å². The third-order valence-corrected chi connectivity index (χ3v) is 22.0. The van der Waals surface area contributed by atoms with Crippen LogP contribution in [0.3, 0.4) is 0 Å². The molecule has 24 rings (SSSR count). The lowest BCUT2D eigenvalue weighted by Crippen LogP contribution is -2.09. The van der Waals surface area contributed by atoms with Crippen molar-refractivity contribution >= 4 is 232 Å². The molecular weight excluding hydrogens is 1400 g/mol. The van der Waals surface area contributed by atoms with Gasteiger partial charge in [0, 0.05) is 156 Å². The molecule has 0 aliphatic heterocycles. The number of hydrogen-bond donors (Lipinski definition) is 0. The van der Waals surface area contributed by atoms with Gasteiger partial charge in [-0.25, -0.2) is 0 Å². The van der Waals surface area contributed by atoms with Crippen molar-refractivity contribution in [3.05, 3.63) is 361 Å². The van der Waals surface area contributed by atoms with Crippen molar-refractivity contribution in [2.45, 2.75) is 6.42 Å². The van der Waals surface area contributed by atoms with Crippen molar-refractivity contribution in [1.29, 1.82) is 0 Å². The number of anilines is 6. The smallest absolute Gasteiger partial charge is 0.137 e. The quantitative estimate of drug-likeness (QED) is 0.147. The highest BCUT2D eigenvalue weighted by Gasteiger charge is 2.24. The van der Waals surface area contributed by atoms with Gasteiger partial charge in [0.25, 0.3) is 0 Å². The van der Waals surface area contributed by atoms with Crippen molar-refractivity contribution in [2.24, 2.45) is 0 Å². The molecule has 0 aliphatic rings. The number of nitrogens with zero attached hydrogens (tertiary/aromatic N) is 2. The lowest BCUT2D eigenvalue weighted by molar-refractivity contribution is 0.668. The van der Waals surface area contributed by atoms with E-state index >= 15 is 0 Å². The molecule has 0 spiro atoms. The predicted octanol–water partition coefficient (Wildman–Crippen LogP) is 30.5. The molecule has 110 heavy (non-hydrogen) atoms. The number of benzene rings is 17. The van der Waals surface area contributed by atoms with Crippen LogP contribution in [0, 0.1) is 0 Å². The van der Waals surface area contributed by atoms with Crippen molar-refractivity contribution in [3.63, 3.8) is 0 Å². The highest BCUT2D eigenvalue weighted by Crippen LogP contribution is 2.48. The zero-order valence-corrected chi connectivity index (χ0v) is 60.1. The van der Waals surface area contributed by atoms with Gasteiger partial charge in [-0.2, -0.15) is 0 Å². The van der Waals surface area contributed by atoms with E-state index in [1.165, 1.54) is 21.9 Å². The minimum Gasteiger partial charge on any atom is -0.456 e. The summed E-state index contributed by atoms with van der Waals surface area (Å²) in [6, 6.07) is 117. The summed E-state index contributed by atoms with van der Waals surface area (Å²) in [7, 11) is 0. The molecule has 0 saturated heterocycles. The second kappa shape index (κ2) is 25.4. The maximum Gasteiger partial charge on any atom is 0.137 e. The van der Waals surface area contributed by atoms with Crippen LogP contribution in [0.5, 0.6) is 0 Å². The lowest BCUT2D eigenvalue weighted by Gasteiger charge is -2.25. The second-order valence-electron chi connectivity index (χ2n) is 28.0. The van der Waals surface area contributed by atoms with Crippen LogP contribution < -0.4 is 9.80 Å². The van der Waals surface area contributed by atoms with Gasteiger partial charge in [0.2, 0.25) is 0 Å². The second-order valence-corrected chi connectivity index (χ2v) is 28.9. The van der Waals surface area contributed by atoms with E-state index in [-0.39, 0.29) is 0 Å². The predicted molar refractivity (Wildman–Crippen MR) is 454 cm³/mol. The minimum atomic E-state index is 0.668. The topological polar surface area (TPSA) is 98.5 Å². The fourth-order valence-corrected chi connectivity index (χ4v) is 16.9. The number of hydrogen-bond acceptors (Lipinski definition) is 9. The number of para-hydroxylation sites is 5. The Labute approximate surface area is 636 Å². The first-order valence-electron chi connectivity index (χ1n) is 36.6. The molecule has 7 heterocycles. The zero-order chi connectivity index (χ0) is 72.7. The van der Waals surface area contributed by atoms with Gasteiger partial charge in [0.05, 0.1) is 0 Å². The van der Waals surface area contributed by atoms with E-state index in [9.17, 15) is 0 Å². The van der Waals surface area contributed by atoms with Gasteiger partial charge >= 0.3 is 0 Å². The molecule has 0 radical (unpaired) electrons. The molecule has 0 fully saturated rings. The van der Waals surface area contributed by atoms with Crippen LogP contribution in [-0.2, 0) is 6.42 Å². The van der Waals surface area contributed by atoms with Gasteiger partial charge in [0.1, 0.15) is 78.2 Å². The highest BCUT2D eigenvalue weighted by atomic mass is 35.5. The summed E-state index contributed by atoms with van der Waals surface area (Å²) < 4.78 is 44.0. The molecule has 0 unspecified atom stereocenters. The van der Waals surface area contributed by atoms with Gasteiger partial charge < -0.3 is 40.7 Å². The van der Waals surface area contributed by atoms with E-state index in [0.29, 0.717) is 10.0 Å². The van der Waals surface area contributed by atoms with Crippen molar-refractivity contribution in [1.82, 2.24) is 0 Å². The fourth-order valence-electron chi connectivity index (χ4n) is 16.6. The Morgan fingerprint density at radius 1 is 0.173 bits per heavy atom. The fraction of sp³-hybridized carbons (Fsp3) is 0.0101. The summed E-state index contributed by atoms with van der Waals surface area (Å²) in [5.74, 6) is 0. The summed E-state index contributed by atoms with van der Waals surface area (Å²) >= 11 is 12.2. The SMILES string of the molecule is Clc1ccc2c(c1)oc1ccc3c(ccc4oc5cc(Cl)ccc5c43)c12.c1ccc(Cc2ccc3c(c2)oc2ccccc23)cc1.c1ccc(N(c2ccc3c(c2)oc2ccccc23)c2ccc3c(c2)oc2ccc4c(ccc5oc6cc(N(c7ccccc7)c7ccc8c(c7)oc7ccccc78)ccc6c54)c23)cc1. The first-order valence-corrected chi connectivity index (χ1v) is 37.3. The molecular formula is C99H58Cl2N2O7. The van der Waals surface area contributed by atoms with Gasteiger partial charge in [-0.3, -0.25) is 0 Å². The Balaban J connectivity index is 0.000000131. The normalized spacial score (nSPS) is 11.9. The monoisotopic (exact) mass is 1460 g/mol. The maximum absolute atomic E-state index is 6.70. The largest absolute Gasteiger partial charge is 0.456 e. The summed E-state index contributed by atoms with van der Waals surface area (Å²) in [5.41, 5.74) is 20.6. The zero-order valence-electron chi connectivity index (χ0n) is 58.5. The minimum absolute atomic E-state index is 0.668. The molecule has 0 saturated carbocycles. The van der Waals surface area contributed by atoms with Crippen LogP contribution in [0.1, 0.15) is 11.1 Å². The molecule has 11 heteroatoms. The molecule has 24 aromatic rings. The number of fused-ring (bicyclic) bond motifs is 27. The van der Waals surface area contributed by atoms with E-state index in [0.717, 1.165) is 205 Å². The summed E-state index contributed by atoms with van der Waals surface area (Å²) in [5, 5.41) is 21.2. The van der Waals surface area contributed by atoms with Crippen LogP contribution in [-0.4, -0.2) is 0 Å². The lowest BCUT2D eigenvalue weighted by atomic mass is 9.99. The summed E-state index contributed by atoms with van der Waals surface area (Å²) in [6.45, 7) is 0. The van der Waals surface area contributed by atoms with Gasteiger partial charge in [-0.1, -0.05) is 157 Å². The molecule has 9 nitrogen and oxygen atoms in total. The molecule has 7 aromatic heterocycles. The number of rotatable bonds is 8. The maximum atomic E-state index is 6.70. The van der Waals surface area contributed by atoms with Crippen LogP contribution in [0.4, 0.5) is 34.1 Å². The third kappa shape index (κ3) is 10.5. The van der Waals surface area contributed by atoms with Crippen LogP contribution >= 0.6 is 23.2 Å². The average molecular weight is 1460 g/mol. The van der Waals surface area contributed by atoms with Gasteiger partial charge in [-0.05, 0) is 209 Å². The Morgan fingerprint density at radius 3 is 0.809 bits per heavy atom. The van der Waals surface area contributed by atoms with E-state index in [1.54, 1.807) is 0 Å².